The molecule has 0 bridgehead atoms. The maximum atomic E-state index is 2.45. The Morgan fingerprint density at radius 3 is 0.824 bits per heavy atom. The molecule has 17 heavy (non-hydrogen) atoms. The van der Waals surface area contributed by atoms with Crippen LogP contribution in [0.25, 0.3) is 0 Å². The van der Waals surface area contributed by atoms with E-state index in [4.69, 9.17) is 0 Å². The van der Waals surface area contributed by atoms with Crippen molar-refractivity contribution in [2.75, 3.05) is 83.1 Å². The van der Waals surface area contributed by atoms with E-state index < -0.39 is 0 Å². The van der Waals surface area contributed by atoms with Gasteiger partial charge in [-0.05, 0) is 6.92 Å². The summed E-state index contributed by atoms with van der Waals surface area (Å²) in [5.41, 5.74) is 0.370. The van der Waals surface area contributed by atoms with Gasteiger partial charge in [-0.1, -0.05) is 0 Å². The number of nitrogens with zero attached hydrogens (tertiary/aromatic N) is 3. The van der Waals surface area contributed by atoms with Gasteiger partial charge < -0.3 is 13.4 Å². The van der Waals surface area contributed by atoms with E-state index in [1.54, 1.807) is 0 Å². The molecule has 0 saturated heterocycles. The normalized spacial score (nSPS) is 15.2. The second-order valence-electron chi connectivity index (χ2n) is 9.16. The fourth-order valence-electron chi connectivity index (χ4n) is 3.59. The first-order valence-corrected chi connectivity index (χ1v) is 6.53. The molecular formula is C14H36N3+3. The van der Waals surface area contributed by atoms with E-state index in [9.17, 15) is 0 Å². The third-order valence-corrected chi connectivity index (χ3v) is 2.57. The van der Waals surface area contributed by atoms with Crippen molar-refractivity contribution in [3.05, 3.63) is 0 Å². The Hall–Kier alpha value is -0.120. The van der Waals surface area contributed by atoms with Crippen LogP contribution in [0.3, 0.4) is 0 Å². The standard InChI is InChI=1S/C14H36N3/c1-14(11-15(2,3)4,12-16(5,6)7)13-17(8,9)10/h11-13H2,1-10H3/q+3. The highest BCUT2D eigenvalue weighted by molar-refractivity contribution is 4.73. The lowest BCUT2D eigenvalue weighted by Gasteiger charge is -2.43. The molecule has 0 aliphatic heterocycles. The van der Waals surface area contributed by atoms with Crippen LogP contribution in [0.15, 0.2) is 0 Å². The summed E-state index contributed by atoms with van der Waals surface area (Å²) in [7, 11) is 20.7. The molecule has 0 atom stereocenters. The number of quaternary nitrogens is 3. The van der Waals surface area contributed by atoms with Gasteiger partial charge >= 0.3 is 0 Å². The van der Waals surface area contributed by atoms with Gasteiger partial charge in [-0.3, -0.25) is 0 Å². The summed E-state index contributed by atoms with van der Waals surface area (Å²) in [6.45, 7) is 6.11. The SMILES string of the molecule is CC(C[N+](C)(C)C)(C[N+](C)(C)C)C[N+](C)(C)C. The third-order valence-electron chi connectivity index (χ3n) is 2.57. The molecular weight excluding hydrogens is 210 g/mol. The molecule has 104 valence electrons. The second-order valence-corrected chi connectivity index (χ2v) is 9.16. The third kappa shape index (κ3) is 9.57. The largest absolute Gasteiger partial charge is 0.330 e. The Morgan fingerprint density at radius 2 is 0.706 bits per heavy atom. The monoisotopic (exact) mass is 246 g/mol. The van der Waals surface area contributed by atoms with Crippen LogP contribution in [-0.4, -0.2) is 96.5 Å². The molecule has 0 aromatic heterocycles. The Balaban J connectivity index is 4.95. The minimum absolute atomic E-state index is 0.370. The average Bonchev–Trinajstić information content (AvgIpc) is 1.65. The lowest BCUT2D eigenvalue weighted by molar-refractivity contribution is -0.925. The highest BCUT2D eigenvalue weighted by Crippen LogP contribution is 2.25. The Kier molecular flexibility index (Phi) is 4.83. The van der Waals surface area contributed by atoms with E-state index in [0.29, 0.717) is 5.41 Å². The lowest BCUT2D eigenvalue weighted by atomic mass is 9.87. The topological polar surface area (TPSA) is 0 Å². The molecule has 3 nitrogen and oxygen atoms in total. The molecule has 0 spiro atoms. The van der Waals surface area contributed by atoms with Crippen LogP contribution in [0.4, 0.5) is 0 Å². The van der Waals surface area contributed by atoms with Crippen molar-refractivity contribution < 1.29 is 13.4 Å². The van der Waals surface area contributed by atoms with Gasteiger partial charge in [-0.25, -0.2) is 0 Å². The molecule has 3 heteroatoms. The molecule has 0 heterocycles. The van der Waals surface area contributed by atoms with Crippen molar-refractivity contribution in [2.45, 2.75) is 6.92 Å². The fraction of sp³-hybridized carbons (Fsp3) is 1.00. The zero-order valence-electron chi connectivity index (χ0n) is 14.0. The molecule has 0 aliphatic carbocycles. The lowest BCUT2D eigenvalue weighted by Crippen LogP contribution is -2.58. The van der Waals surface area contributed by atoms with Crippen molar-refractivity contribution >= 4 is 0 Å². The quantitative estimate of drug-likeness (QED) is 0.616. The average molecular weight is 246 g/mol. The molecule has 0 saturated carbocycles. The van der Waals surface area contributed by atoms with Gasteiger partial charge in [0.25, 0.3) is 0 Å². The van der Waals surface area contributed by atoms with Crippen LogP contribution < -0.4 is 0 Å². The summed E-state index contributed by atoms with van der Waals surface area (Å²) in [4.78, 5) is 0. The Labute approximate surface area is 109 Å². The minimum Gasteiger partial charge on any atom is -0.330 e. The van der Waals surface area contributed by atoms with Crippen LogP contribution >= 0.6 is 0 Å². The van der Waals surface area contributed by atoms with Crippen molar-refractivity contribution in [1.29, 1.82) is 0 Å². The summed E-state index contributed by atoms with van der Waals surface area (Å²) >= 11 is 0. The number of hydrogen-bond donors (Lipinski definition) is 0. The molecule has 0 aromatic rings. The van der Waals surface area contributed by atoms with Crippen molar-refractivity contribution in [2.24, 2.45) is 5.41 Å². The summed E-state index contributed by atoms with van der Waals surface area (Å²) in [5.74, 6) is 0. The molecule has 0 unspecified atom stereocenters. The van der Waals surface area contributed by atoms with E-state index in [1.165, 1.54) is 19.6 Å². The Bertz CT molecular complexity index is 197. The van der Waals surface area contributed by atoms with Gasteiger partial charge in [0.15, 0.2) is 0 Å². The van der Waals surface area contributed by atoms with Gasteiger partial charge in [0.2, 0.25) is 0 Å². The first-order valence-electron chi connectivity index (χ1n) is 6.53. The van der Waals surface area contributed by atoms with Crippen LogP contribution in [0.5, 0.6) is 0 Å². The van der Waals surface area contributed by atoms with Gasteiger partial charge in [0, 0.05) is 0 Å². The zero-order valence-corrected chi connectivity index (χ0v) is 14.0. The van der Waals surface area contributed by atoms with Gasteiger partial charge in [-0.2, -0.15) is 0 Å². The van der Waals surface area contributed by atoms with Crippen molar-refractivity contribution in [1.82, 2.24) is 0 Å². The fourth-order valence-corrected chi connectivity index (χ4v) is 3.59. The molecule has 0 aromatic carbocycles. The second kappa shape index (κ2) is 4.87. The van der Waals surface area contributed by atoms with E-state index >= 15 is 0 Å². The highest BCUT2D eigenvalue weighted by Gasteiger charge is 2.40. The molecule has 0 fully saturated rings. The van der Waals surface area contributed by atoms with E-state index in [1.807, 2.05) is 0 Å². The van der Waals surface area contributed by atoms with Crippen LogP contribution in [-0.2, 0) is 0 Å². The van der Waals surface area contributed by atoms with E-state index in [2.05, 4.69) is 70.4 Å². The smallest absolute Gasteiger partial charge is 0.114 e. The predicted molar refractivity (Wildman–Crippen MR) is 76.8 cm³/mol. The Morgan fingerprint density at radius 1 is 0.529 bits per heavy atom. The molecule has 0 aliphatic rings. The molecule has 0 radical (unpaired) electrons. The van der Waals surface area contributed by atoms with Crippen LogP contribution in [0, 0.1) is 5.41 Å². The first-order chi connectivity index (χ1) is 7.12. The van der Waals surface area contributed by atoms with Gasteiger partial charge in [-0.15, -0.1) is 0 Å². The highest BCUT2D eigenvalue weighted by atomic mass is 15.3. The number of rotatable bonds is 6. The van der Waals surface area contributed by atoms with Crippen LogP contribution in [0.2, 0.25) is 0 Å². The van der Waals surface area contributed by atoms with Crippen LogP contribution in [0.1, 0.15) is 6.92 Å². The molecule has 0 rings (SSSR count). The van der Waals surface area contributed by atoms with Gasteiger partial charge in [0.1, 0.15) is 5.41 Å². The minimum atomic E-state index is 0.370. The van der Waals surface area contributed by atoms with Gasteiger partial charge in [0.05, 0.1) is 83.1 Å². The summed E-state index contributed by atoms with van der Waals surface area (Å²) in [6, 6.07) is 0. The van der Waals surface area contributed by atoms with Crippen molar-refractivity contribution in [3.63, 3.8) is 0 Å². The summed E-state index contributed by atoms with van der Waals surface area (Å²) < 4.78 is 3.11. The van der Waals surface area contributed by atoms with Crippen molar-refractivity contribution in [3.8, 4) is 0 Å². The summed E-state index contributed by atoms with van der Waals surface area (Å²) in [5, 5.41) is 0. The van der Waals surface area contributed by atoms with E-state index in [0.717, 1.165) is 13.4 Å². The zero-order chi connectivity index (χ0) is 14.1. The number of hydrogen-bond acceptors (Lipinski definition) is 0. The molecule has 0 N–H and O–H groups in total. The maximum Gasteiger partial charge on any atom is 0.114 e. The molecule has 0 amide bonds. The van der Waals surface area contributed by atoms with E-state index in [-0.39, 0.29) is 0 Å². The first kappa shape index (κ1) is 16.9. The summed E-state index contributed by atoms with van der Waals surface area (Å²) in [6.07, 6.45) is 0. The maximum absolute atomic E-state index is 2.45. The predicted octanol–water partition coefficient (Wildman–Crippen LogP) is 1.11.